The van der Waals surface area contributed by atoms with Gasteiger partial charge in [-0.25, -0.2) is 4.79 Å². The predicted octanol–water partition coefficient (Wildman–Crippen LogP) is 1.99. The van der Waals surface area contributed by atoms with Gasteiger partial charge in [-0.2, -0.15) is 11.8 Å². The summed E-state index contributed by atoms with van der Waals surface area (Å²) in [4.78, 5) is 23.7. The summed E-state index contributed by atoms with van der Waals surface area (Å²) in [5.41, 5.74) is 0.676. The summed E-state index contributed by atoms with van der Waals surface area (Å²) in [6, 6.07) is 3.97. The molecule has 0 bridgehead atoms. The molecule has 0 aromatic heterocycles. The highest BCUT2D eigenvalue weighted by Gasteiger charge is 2.20. The number of ether oxygens (including phenoxy) is 2. The highest BCUT2D eigenvalue weighted by molar-refractivity contribution is 7.99. The fourth-order valence-electron chi connectivity index (χ4n) is 1.77. The average molecular weight is 351 g/mol. The smallest absolute Gasteiger partial charge is 0.329 e. The minimum Gasteiger partial charge on any atom is -0.504 e. The van der Waals surface area contributed by atoms with Crippen molar-refractivity contribution in [1.82, 2.24) is 5.32 Å². The molecule has 1 aromatic rings. The summed E-state index contributed by atoms with van der Waals surface area (Å²) < 4.78 is 9.69. The van der Waals surface area contributed by atoms with Gasteiger partial charge in [-0.1, -0.05) is 12.1 Å². The first-order chi connectivity index (χ1) is 11.5. The van der Waals surface area contributed by atoms with E-state index in [0.717, 1.165) is 0 Å². The first-order valence-corrected chi connectivity index (χ1v) is 8.29. The summed E-state index contributed by atoms with van der Waals surface area (Å²) in [5.74, 6) is 0.476. The van der Waals surface area contributed by atoms with Crippen LogP contribution in [0.4, 0.5) is 0 Å². The number of thioether (sulfide) groups is 1. The molecule has 1 amide bonds. The fraction of sp³-hybridized carbons (Fsp3) is 0.294. The lowest BCUT2D eigenvalue weighted by molar-refractivity contribution is -0.143. The number of aromatic hydroxyl groups is 1. The van der Waals surface area contributed by atoms with Gasteiger partial charge in [0, 0.05) is 17.6 Å². The lowest BCUT2D eigenvalue weighted by Gasteiger charge is -2.14. The van der Waals surface area contributed by atoms with Crippen molar-refractivity contribution >= 4 is 29.7 Å². The molecule has 0 aliphatic rings. The van der Waals surface area contributed by atoms with E-state index in [2.05, 4.69) is 16.6 Å². The minimum absolute atomic E-state index is 0.0177. The van der Waals surface area contributed by atoms with Crippen molar-refractivity contribution in [1.29, 1.82) is 0 Å². The van der Waals surface area contributed by atoms with Crippen LogP contribution in [0.25, 0.3) is 6.08 Å². The van der Waals surface area contributed by atoms with Crippen LogP contribution in [-0.4, -0.2) is 48.8 Å². The maximum atomic E-state index is 12.0. The molecule has 0 saturated heterocycles. The van der Waals surface area contributed by atoms with E-state index in [-0.39, 0.29) is 5.75 Å². The van der Waals surface area contributed by atoms with Crippen molar-refractivity contribution in [2.45, 2.75) is 6.04 Å². The number of amides is 1. The number of esters is 1. The van der Waals surface area contributed by atoms with E-state index in [1.165, 1.54) is 38.1 Å². The number of benzene rings is 1. The molecule has 130 valence electrons. The normalized spacial score (nSPS) is 11.8. The van der Waals surface area contributed by atoms with E-state index in [1.807, 2.05) is 0 Å². The predicted molar refractivity (Wildman–Crippen MR) is 95.2 cm³/mol. The van der Waals surface area contributed by atoms with Gasteiger partial charge in [-0.3, -0.25) is 4.79 Å². The molecule has 0 saturated carbocycles. The van der Waals surface area contributed by atoms with E-state index < -0.39 is 17.9 Å². The Balaban J connectivity index is 2.70. The van der Waals surface area contributed by atoms with Gasteiger partial charge >= 0.3 is 5.97 Å². The zero-order valence-corrected chi connectivity index (χ0v) is 14.5. The number of nitrogens with one attached hydrogen (secondary N) is 1. The van der Waals surface area contributed by atoms with Gasteiger partial charge in [-0.05, 0) is 23.8 Å². The molecule has 7 heteroatoms. The Morgan fingerprint density at radius 3 is 2.79 bits per heavy atom. The number of phenols is 1. The average Bonchev–Trinajstić information content (AvgIpc) is 2.59. The highest BCUT2D eigenvalue weighted by atomic mass is 32.2. The van der Waals surface area contributed by atoms with E-state index >= 15 is 0 Å². The minimum atomic E-state index is -0.730. The number of hydrogen-bond donors (Lipinski definition) is 2. The Morgan fingerprint density at radius 1 is 1.42 bits per heavy atom. The number of methoxy groups -OCH3 is 2. The van der Waals surface area contributed by atoms with Crippen LogP contribution >= 0.6 is 11.8 Å². The highest BCUT2D eigenvalue weighted by Crippen LogP contribution is 2.26. The third kappa shape index (κ3) is 6.37. The van der Waals surface area contributed by atoms with Crippen molar-refractivity contribution in [2.75, 3.05) is 25.7 Å². The van der Waals surface area contributed by atoms with Gasteiger partial charge in [-0.15, -0.1) is 6.58 Å². The Labute approximate surface area is 145 Å². The van der Waals surface area contributed by atoms with Gasteiger partial charge in [0.25, 0.3) is 0 Å². The standard InChI is InChI=1S/C17H21NO5S/c1-4-9-24-11-13(17(21)23-3)18-16(20)8-6-12-5-7-14(19)15(10-12)22-2/h4-8,10,13,19H,1,9,11H2,2-3H3,(H,18,20)/b8-6+. The maximum absolute atomic E-state index is 12.0. The van der Waals surface area contributed by atoms with E-state index in [1.54, 1.807) is 24.3 Å². The van der Waals surface area contributed by atoms with Crippen LogP contribution in [0.5, 0.6) is 11.5 Å². The van der Waals surface area contributed by atoms with Crippen LogP contribution in [0, 0.1) is 0 Å². The molecule has 0 heterocycles. The monoisotopic (exact) mass is 351 g/mol. The molecule has 0 aliphatic heterocycles. The summed E-state index contributed by atoms with van der Waals surface area (Å²) in [6.07, 6.45) is 4.58. The molecule has 0 radical (unpaired) electrons. The molecule has 24 heavy (non-hydrogen) atoms. The summed E-state index contributed by atoms with van der Waals surface area (Å²) in [5, 5.41) is 12.1. The van der Waals surface area contributed by atoms with E-state index in [0.29, 0.717) is 22.8 Å². The lowest BCUT2D eigenvalue weighted by atomic mass is 10.2. The topological polar surface area (TPSA) is 84.9 Å². The first kappa shape index (κ1) is 19.6. The quantitative estimate of drug-likeness (QED) is 0.306. The SMILES string of the molecule is C=CCSCC(NC(=O)/C=C/c1ccc(O)c(OC)c1)C(=O)OC. The molecule has 6 nitrogen and oxygen atoms in total. The number of carbonyl (C=O) groups is 2. The Kier molecular flexibility index (Phi) is 8.49. The fourth-order valence-corrected chi connectivity index (χ4v) is 2.53. The molecule has 0 spiro atoms. The summed E-state index contributed by atoms with van der Waals surface area (Å²) in [6.45, 7) is 3.60. The van der Waals surface area contributed by atoms with Crippen LogP contribution in [0.2, 0.25) is 0 Å². The van der Waals surface area contributed by atoms with Crippen molar-refractivity contribution in [2.24, 2.45) is 0 Å². The molecule has 1 rings (SSSR count). The van der Waals surface area contributed by atoms with Crippen molar-refractivity contribution in [3.05, 3.63) is 42.5 Å². The van der Waals surface area contributed by atoms with Crippen LogP contribution in [-0.2, 0) is 14.3 Å². The van der Waals surface area contributed by atoms with Crippen LogP contribution in [0.1, 0.15) is 5.56 Å². The molecular weight excluding hydrogens is 330 g/mol. The summed E-state index contributed by atoms with van der Waals surface area (Å²) >= 11 is 1.47. The number of rotatable bonds is 9. The van der Waals surface area contributed by atoms with Gasteiger partial charge in [0.2, 0.25) is 5.91 Å². The van der Waals surface area contributed by atoms with Gasteiger partial charge in [0.05, 0.1) is 14.2 Å². The third-order valence-corrected chi connectivity index (χ3v) is 3.99. The number of phenolic OH excluding ortho intramolecular Hbond substituents is 1. The molecular formula is C17H21NO5S. The molecule has 1 unspecified atom stereocenters. The van der Waals surface area contributed by atoms with Crippen LogP contribution in [0.15, 0.2) is 36.9 Å². The van der Waals surface area contributed by atoms with Gasteiger partial charge in [0.1, 0.15) is 6.04 Å². The van der Waals surface area contributed by atoms with E-state index in [9.17, 15) is 14.7 Å². The molecule has 0 aliphatic carbocycles. The van der Waals surface area contributed by atoms with Crippen molar-refractivity contribution in [3.8, 4) is 11.5 Å². The molecule has 1 aromatic carbocycles. The Hall–Kier alpha value is -2.41. The maximum Gasteiger partial charge on any atom is 0.329 e. The zero-order chi connectivity index (χ0) is 17.9. The van der Waals surface area contributed by atoms with Gasteiger partial charge in [0.15, 0.2) is 11.5 Å². The zero-order valence-electron chi connectivity index (χ0n) is 13.7. The second-order valence-corrected chi connectivity index (χ2v) is 5.75. The lowest BCUT2D eigenvalue weighted by Crippen LogP contribution is -2.42. The van der Waals surface area contributed by atoms with E-state index in [4.69, 9.17) is 4.74 Å². The Bertz CT molecular complexity index is 615. The molecule has 1 atom stereocenters. The molecule has 2 N–H and O–H groups in total. The van der Waals surface area contributed by atoms with Crippen LogP contribution in [0.3, 0.4) is 0 Å². The second kappa shape index (κ2) is 10.4. The second-order valence-electron chi connectivity index (χ2n) is 4.68. The first-order valence-electron chi connectivity index (χ1n) is 7.13. The third-order valence-electron chi connectivity index (χ3n) is 2.95. The largest absolute Gasteiger partial charge is 0.504 e. The van der Waals surface area contributed by atoms with Gasteiger partial charge < -0.3 is 19.9 Å². The van der Waals surface area contributed by atoms with Crippen molar-refractivity contribution in [3.63, 3.8) is 0 Å². The van der Waals surface area contributed by atoms with Crippen LogP contribution < -0.4 is 10.1 Å². The number of hydrogen-bond acceptors (Lipinski definition) is 6. The van der Waals surface area contributed by atoms with Crippen molar-refractivity contribution < 1.29 is 24.2 Å². The number of carbonyl (C=O) groups excluding carboxylic acids is 2. The Morgan fingerprint density at radius 2 is 2.17 bits per heavy atom. The summed E-state index contributed by atoms with van der Waals surface area (Å²) in [7, 11) is 2.72. The molecule has 0 fully saturated rings.